The molecule has 0 bridgehead atoms. The molecule has 2 aromatic carbocycles. The van der Waals surface area contributed by atoms with Crippen LogP contribution in [0.15, 0.2) is 48.5 Å². The molecule has 2 saturated heterocycles. The zero-order chi connectivity index (χ0) is 21.9. The molecule has 0 N–H and O–H groups in total. The summed E-state index contributed by atoms with van der Waals surface area (Å²) in [7, 11) is 0. The molecule has 7 nitrogen and oxygen atoms in total. The van der Waals surface area contributed by atoms with Crippen molar-refractivity contribution < 1.29 is 13.5 Å². The van der Waals surface area contributed by atoms with E-state index in [0.717, 1.165) is 62.7 Å². The van der Waals surface area contributed by atoms with Gasteiger partial charge < -0.3 is 9.64 Å². The van der Waals surface area contributed by atoms with Crippen LogP contribution in [0.1, 0.15) is 30.3 Å². The molecule has 10 heteroatoms. The van der Waals surface area contributed by atoms with Gasteiger partial charge >= 0.3 is 0 Å². The first-order valence-corrected chi connectivity index (χ1v) is 11.0. The van der Waals surface area contributed by atoms with E-state index in [9.17, 15) is 8.78 Å². The fourth-order valence-electron chi connectivity index (χ4n) is 4.58. The average Bonchev–Trinajstić information content (AvgIpc) is 3.49. The Morgan fingerprint density at radius 1 is 0.939 bits per heavy atom. The van der Waals surface area contributed by atoms with E-state index in [4.69, 9.17) is 4.74 Å². The topological polar surface area (TPSA) is 59.3 Å². The Balaban J connectivity index is 0.00000259. The van der Waals surface area contributed by atoms with Crippen LogP contribution in [0.3, 0.4) is 0 Å². The molecule has 2 atom stereocenters. The van der Waals surface area contributed by atoms with Crippen LogP contribution in [0.4, 0.5) is 14.5 Å². The highest BCUT2D eigenvalue weighted by molar-refractivity contribution is 5.85. The number of tetrazole rings is 1. The molecule has 2 aliphatic rings. The first-order valence-electron chi connectivity index (χ1n) is 11.0. The lowest BCUT2D eigenvalue weighted by molar-refractivity contribution is 0.0906. The highest BCUT2D eigenvalue weighted by Crippen LogP contribution is 2.30. The monoisotopic (exact) mass is 476 g/mol. The van der Waals surface area contributed by atoms with E-state index in [1.807, 2.05) is 16.8 Å². The highest BCUT2D eigenvalue weighted by atomic mass is 35.5. The van der Waals surface area contributed by atoms with Gasteiger partial charge in [0.15, 0.2) is 5.82 Å². The molecule has 0 saturated carbocycles. The minimum absolute atomic E-state index is 0. The second kappa shape index (κ2) is 10.5. The number of anilines is 1. The number of benzene rings is 2. The molecule has 0 radical (unpaired) electrons. The van der Waals surface area contributed by atoms with Gasteiger partial charge in [-0.15, -0.1) is 17.5 Å². The van der Waals surface area contributed by atoms with E-state index in [0.29, 0.717) is 6.54 Å². The summed E-state index contributed by atoms with van der Waals surface area (Å²) in [6.07, 6.45) is 2.16. The lowest BCUT2D eigenvalue weighted by Gasteiger charge is -2.40. The summed E-state index contributed by atoms with van der Waals surface area (Å²) in [6.45, 7) is 4.50. The van der Waals surface area contributed by atoms with Crippen molar-refractivity contribution in [2.24, 2.45) is 0 Å². The number of rotatable bonds is 6. The fraction of sp³-hybridized carbons (Fsp3) is 0.435. The average molecular weight is 477 g/mol. The fourth-order valence-corrected chi connectivity index (χ4v) is 4.58. The van der Waals surface area contributed by atoms with Gasteiger partial charge in [-0.25, -0.2) is 13.5 Å². The predicted molar refractivity (Wildman–Crippen MR) is 122 cm³/mol. The first kappa shape index (κ1) is 23.5. The molecular formula is C23H27ClF2N6O. The van der Waals surface area contributed by atoms with Crippen molar-refractivity contribution in [3.63, 3.8) is 0 Å². The Hall–Kier alpha value is -2.62. The Bertz CT molecular complexity index is 1020. The van der Waals surface area contributed by atoms with Crippen LogP contribution in [0.5, 0.6) is 0 Å². The lowest BCUT2D eigenvalue weighted by atomic mass is 10.0. The number of aromatic nitrogens is 4. The molecular weight excluding hydrogens is 450 g/mol. The maximum Gasteiger partial charge on any atom is 0.173 e. The van der Waals surface area contributed by atoms with Crippen molar-refractivity contribution in [1.29, 1.82) is 0 Å². The molecule has 1 aromatic heterocycles. The van der Waals surface area contributed by atoms with Crippen LogP contribution in [-0.2, 0) is 11.3 Å². The smallest absolute Gasteiger partial charge is 0.173 e. The van der Waals surface area contributed by atoms with Crippen molar-refractivity contribution in [2.75, 3.05) is 37.7 Å². The number of halogens is 3. The maximum absolute atomic E-state index is 13.6. The van der Waals surface area contributed by atoms with Gasteiger partial charge in [-0.1, -0.05) is 12.1 Å². The van der Waals surface area contributed by atoms with E-state index >= 15 is 0 Å². The molecule has 0 amide bonds. The number of nitrogens with zero attached hydrogens (tertiary/aromatic N) is 6. The summed E-state index contributed by atoms with van der Waals surface area (Å²) in [5, 5.41) is 12.6. The van der Waals surface area contributed by atoms with E-state index in [1.165, 1.54) is 24.3 Å². The summed E-state index contributed by atoms with van der Waals surface area (Å²) in [5.74, 6) is 0.233. The normalized spacial score (nSPS) is 19.9. The quantitative estimate of drug-likeness (QED) is 0.543. The van der Waals surface area contributed by atoms with Crippen molar-refractivity contribution in [3.8, 4) is 0 Å². The van der Waals surface area contributed by atoms with Gasteiger partial charge in [0.2, 0.25) is 0 Å². The van der Waals surface area contributed by atoms with Gasteiger partial charge in [0.25, 0.3) is 0 Å². The predicted octanol–water partition coefficient (Wildman–Crippen LogP) is 3.46. The van der Waals surface area contributed by atoms with Crippen LogP contribution in [-0.4, -0.2) is 64.0 Å². The van der Waals surface area contributed by atoms with Gasteiger partial charge in [0.1, 0.15) is 11.6 Å². The Kier molecular flexibility index (Phi) is 7.52. The summed E-state index contributed by atoms with van der Waals surface area (Å²) >= 11 is 0. The third-order valence-corrected chi connectivity index (χ3v) is 6.26. The largest absolute Gasteiger partial charge is 0.376 e. The Morgan fingerprint density at radius 3 is 2.24 bits per heavy atom. The summed E-state index contributed by atoms with van der Waals surface area (Å²) in [5.41, 5.74) is 1.96. The second-order valence-corrected chi connectivity index (χ2v) is 8.31. The zero-order valence-corrected chi connectivity index (χ0v) is 19.0. The standard InChI is InChI=1S/C23H26F2N6O.ClH/c24-18-5-3-17(4-6-18)22(23-26-27-28-31(23)16-21-2-1-15-32-21)30-13-11-29(12-14-30)20-9-7-19(25)8-10-20;/h3-10,21-22H,1-2,11-16H2;1H. The Labute approximate surface area is 197 Å². The van der Waals surface area contributed by atoms with E-state index < -0.39 is 0 Å². The molecule has 2 unspecified atom stereocenters. The van der Waals surface area contributed by atoms with Crippen LogP contribution < -0.4 is 4.90 Å². The van der Waals surface area contributed by atoms with Crippen LogP contribution in [0.25, 0.3) is 0 Å². The minimum Gasteiger partial charge on any atom is -0.376 e. The number of ether oxygens (including phenoxy) is 1. The van der Waals surface area contributed by atoms with Crippen molar-refractivity contribution in [3.05, 3.63) is 71.6 Å². The van der Waals surface area contributed by atoms with E-state index in [-0.39, 0.29) is 36.2 Å². The third-order valence-electron chi connectivity index (χ3n) is 6.26. The molecule has 3 heterocycles. The molecule has 2 fully saturated rings. The molecule has 5 rings (SSSR count). The lowest BCUT2D eigenvalue weighted by Crippen LogP contribution is -2.48. The highest BCUT2D eigenvalue weighted by Gasteiger charge is 2.31. The van der Waals surface area contributed by atoms with Crippen molar-refractivity contribution in [2.45, 2.75) is 31.5 Å². The zero-order valence-electron chi connectivity index (χ0n) is 18.2. The minimum atomic E-state index is -0.271. The number of hydrogen-bond donors (Lipinski definition) is 0. The van der Waals surface area contributed by atoms with Crippen molar-refractivity contribution >= 4 is 18.1 Å². The van der Waals surface area contributed by atoms with Crippen LogP contribution >= 0.6 is 12.4 Å². The van der Waals surface area contributed by atoms with Gasteiger partial charge in [-0.05, 0) is 65.2 Å². The summed E-state index contributed by atoms with van der Waals surface area (Å²) < 4.78 is 34.6. The molecule has 2 aliphatic heterocycles. The second-order valence-electron chi connectivity index (χ2n) is 8.31. The molecule has 0 aliphatic carbocycles. The number of hydrogen-bond acceptors (Lipinski definition) is 6. The molecule has 33 heavy (non-hydrogen) atoms. The SMILES string of the molecule is Cl.Fc1ccc(C(c2nnnn2CC2CCCO2)N2CCN(c3ccc(F)cc3)CC2)cc1. The van der Waals surface area contributed by atoms with Crippen LogP contribution in [0, 0.1) is 11.6 Å². The molecule has 0 spiro atoms. The Morgan fingerprint density at radius 2 is 1.61 bits per heavy atom. The van der Waals surface area contributed by atoms with Gasteiger partial charge in [-0.2, -0.15) is 0 Å². The van der Waals surface area contributed by atoms with Gasteiger partial charge in [-0.3, -0.25) is 4.90 Å². The van der Waals surface area contributed by atoms with Crippen molar-refractivity contribution in [1.82, 2.24) is 25.1 Å². The van der Waals surface area contributed by atoms with E-state index in [2.05, 4.69) is 25.3 Å². The summed E-state index contributed by atoms with van der Waals surface area (Å²) in [4.78, 5) is 4.57. The van der Waals surface area contributed by atoms with Gasteiger partial charge in [0.05, 0.1) is 18.7 Å². The maximum atomic E-state index is 13.6. The van der Waals surface area contributed by atoms with E-state index in [1.54, 1.807) is 12.1 Å². The first-order chi connectivity index (χ1) is 15.7. The molecule has 176 valence electrons. The molecule has 3 aromatic rings. The number of piperazine rings is 1. The third kappa shape index (κ3) is 5.31. The summed E-state index contributed by atoms with van der Waals surface area (Å²) in [6, 6.07) is 13.0. The van der Waals surface area contributed by atoms with Gasteiger partial charge in [0, 0.05) is 38.5 Å². The van der Waals surface area contributed by atoms with Crippen LogP contribution in [0.2, 0.25) is 0 Å².